The number of carbonyl (C=O) groups excluding carboxylic acids is 3. The Morgan fingerprint density at radius 3 is 2.31 bits per heavy atom. The van der Waals surface area contributed by atoms with Crippen LogP contribution >= 0.6 is 0 Å². The fraction of sp³-hybridized carbons (Fsp3) is 0.250. The summed E-state index contributed by atoms with van der Waals surface area (Å²) in [5, 5.41) is 4.99. The predicted molar refractivity (Wildman–Crippen MR) is 104 cm³/mol. The number of methoxy groups -OCH3 is 3. The van der Waals surface area contributed by atoms with Gasteiger partial charge in [-0.3, -0.25) is 14.4 Å². The molecule has 2 N–H and O–H groups in total. The van der Waals surface area contributed by atoms with Crippen LogP contribution in [0.2, 0.25) is 0 Å². The minimum Gasteiger partial charge on any atom is -0.497 e. The Balaban J connectivity index is 1.83. The van der Waals surface area contributed by atoms with Crippen LogP contribution in [0.25, 0.3) is 0 Å². The van der Waals surface area contributed by atoms with E-state index in [9.17, 15) is 14.4 Å². The molecule has 2 aromatic rings. The smallest absolute Gasteiger partial charge is 0.325 e. The standard InChI is InChI=1S/C20H22N2O7/c1-26-13-8-9-17(28-3)15(10-13)22-18(23)12-29-19(24)11-21-20(25)14-6-4-5-7-16(14)27-2/h4-10H,11-12H2,1-3H3,(H,21,25)(H,22,23). The number of benzene rings is 2. The molecule has 0 saturated heterocycles. The van der Waals surface area contributed by atoms with Crippen molar-refractivity contribution < 1.29 is 33.3 Å². The molecule has 0 heterocycles. The minimum absolute atomic E-state index is 0.283. The molecule has 0 aliphatic heterocycles. The fourth-order valence-electron chi connectivity index (χ4n) is 2.38. The van der Waals surface area contributed by atoms with E-state index >= 15 is 0 Å². The average molecular weight is 402 g/mol. The Labute approximate surface area is 167 Å². The molecule has 0 saturated carbocycles. The summed E-state index contributed by atoms with van der Waals surface area (Å²) >= 11 is 0. The molecule has 29 heavy (non-hydrogen) atoms. The number of esters is 1. The van der Waals surface area contributed by atoms with Crippen molar-refractivity contribution in [3.8, 4) is 17.2 Å². The Kier molecular flexibility index (Phi) is 7.84. The van der Waals surface area contributed by atoms with Gasteiger partial charge in [0.05, 0.1) is 32.6 Å². The summed E-state index contributed by atoms with van der Waals surface area (Å²) in [6.07, 6.45) is 0. The number of amides is 2. The molecular formula is C20H22N2O7. The molecule has 2 amide bonds. The summed E-state index contributed by atoms with van der Waals surface area (Å²) < 4.78 is 20.2. The van der Waals surface area contributed by atoms with Crippen LogP contribution < -0.4 is 24.8 Å². The minimum atomic E-state index is -0.763. The van der Waals surface area contributed by atoms with E-state index in [1.165, 1.54) is 21.3 Å². The second-order valence-electron chi connectivity index (χ2n) is 5.66. The summed E-state index contributed by atoms with van der Waals surface area (Å²) in [5.74, 6) is -0.497. The molecule has 0 aliphatic rings. The molecular weight excluding hydrogens is 380 g/mol. The van der Waals surface area contributed by atoms with Gasteiger partial charge in [0.25, 0.3) is 11.8 Å². The van der Waals surface area contributed by atoms with Crippen LogP contribution in [0.15, 0.2) is 42.5 Å². The van der Waals surface area contributed by atoms with E-state index in [1.54, 1.807) is 42.5 Å². The number of nitrogens with one attached hydrogen (secondary N) is 2. The van der Waals surface area contributed by atoms with Gasteiger partial charge < -0.3 is 29.6 Å². The molecule has 0 atom stereocenters. The zero-order valence-corrected chi connectivity index (χ0v) is 16.3. The van der Waals surface area contributed by atoms with Crippen molar-refractivity contribution in [1.82, 2.24) is 5.32 Å². The molecule has 0 aromatic heterocycles. The summed E-state index contributed by atoms with van der Waals surface area (Å²) in [6, 6.07) is 11.5. The molecule has 0 radical (unpaired) electrons. The van der Waals surface area contributed by atoms with Crippen LogP contribution in [0.4, 0.5) is 5.69 Å². The topological polar surface area (TPSA) is 112 Å². The van der Waals surface area contributed by atoms with Crippen molar-refractivity contribution in [2.45, 2.75) is 0 Å². The summed E-state index contributed by atoms with van der Waals surface area (Å²) in [7, 11) is 4.40. The van der Waals surface area contributed by atoms with Gasteiger partial charge in [0.1, 0.15) is 23.8 Å². The number of hydrogen-bond acceptors (Lipinski definition) is 7. The van der Waals surface area contributed by atoms with Crippen LogP contribution in [0.3, 0.4) is 0 Å². The highest BCUT2D eigenvalue weighted by Crippen LogP contribution is 2.28. The number of hydrogen-bond donors (Lipinski definition) is 2. The Morgan fingerprint density at radius 1 is 0.897 bits per heavy atom. The molecule has 0 aliphatic carbocycles. The highest BCUT2D eigenvalue weighted by atomic mass is 16.5. The first-order valence-electron chi connectivity index (χ1n) is 8.57. The van der Waals surface area contributed by atoms with E-state index in [4.69, 9.17) is 18.9 Å². The quantitative estimate of drug-likeness (QED) is 0.613. The van der Waals surface area contributed by atoms with Crippen molar-refractivity contribution in [3.63, 3.8) is 0 Å². The van der Waals surface area contributed by atoms with Gasteiger partial charge in [-0.2, -0.15) is 0 Å². The average Bonchev–Trinajstić information content (AvgIpc) is 2.75. The molecule has 0 spiro atoms. The lowest BCUT2D eigenvalue weighted by Gasteiger charge is -2.12. The van der Waals surface area contributed by atoms with Gasteiger partial charge in [-0.15, -0.1) is 0 Å². The van der Waals surface area contributed by atoms with E-state index in [2.05, 4.69) is 10.6 Å². The maximum absolute atomic E-state index is 12.1. The molecule has 2 aromatic carbocycles. The zero-order chi connectivity index (χ0) is 21.2. The van der Waals surface area contributed by atoms with Gasteiger partial charge >= 0.3 is 5.97 Å². The van der Waals surface area contributed by atoms with Gasteiger partial charge in [0.2, 0.25) is 0 Å². The zero-order valence-electron chi connectivity index (χ0n) is 16.3. The number of rotatable bonds is 9. The van der Waals surface area contributed by atoms with E-state index in [1.807, 2.05) is 0 Å². The molecule has 154 valence electrons. The summed E-state index contributed by atoms with van der Waals surface area (Å²) in [5.41, 5.74) is 0.656. The van der Waals surface area contributed by atoms with Gasteiger partial charge in [0.15, 0.2) is 6.61 Å². The van der Waals surface area contributed by atoms with Crippen LogP contribution in [-0.4, -0.2) is 52.3 Å². The first-order valence-corrected chi connectivity index (χ1v) is 8.57. The third kappa shape index (κ3) is 6.13. The molecule has 9 heteroatoms. The van der Waals surface area contributed by atoms with Gasteiger partial charge in [0, 0.05) is 6.07 Å². The Morgan fingerprint density at radius 2 is 1.62 bits per heavy atom. The Hall–Kier alpha value is -3.75. The van der Waals surface area contributed by atoms with Gasteiger partial charge in [-0.1, -0.05) is 12.1 Å². The lowest BCUT2D eigenvalue weighted by molar-refractivity contribution is -0.146. The first kappa shape index (κ1) is 21.5. The number of ether oxygens (including phenoxy) is 4. The number of carbonyl (C=O) groups is 3. The monoisotopic (exact) mass is 402 g/mol. The molecule has 2 rings (SSSR count). The van der Waals surface area contributed by atoms with Crippen LogP contribution in [0, 0.1) is 0 Å². The van der Waals surface area contributed by atoms with E-state index in [0.29, 0.717) is 22.9 Å². The maximum Gasteiger partial charge on any atom is 0.325 e. The predicted octanol–water partition coefficient (Wildman–Crippen LogP) is 1.62. The largest absolute Gasteiger partial charge is 0.497 e. The first-order chi connectivity index (χ1) is 14.0. The molecule has 0 bridgehead atoms. The van der Waals surface area contributed by atoms with E-state index in [-0.39, 0.29) is 5.56 Å². The van der Waals surface area contributed by atoms with Gasteiger partial charge in [-0.05, 0) is 24.3 Å². The number of anilines is 1. The normalized spacial score (nSPS) is 9.90. The van der Waals surface area contributed by atoms with Crippen molar-refractivity contribution >= 4 is 23.5 Å². The summed E-state index contributed by atoms with van der Waals surface area (Å²) in [6.45, 7) is -0.920. The SMILES string of the molecule is COc1ccc(OC)c(NC(=O)COC(=O)CNC(=O)c2ccccc2OC)c1. The highest BCUT2D eigenvalue weighted by Gasteiger charge is 2.15. The van der Waals surface area contributed by atoms with Crippen LogP contribution in [0.5, 0.6) is 17.2 Å². The van der Waals surface area contributed by atoms with Crippen LogP contribution in [0.1, 0.15) is 10.4 Å². The van der Waals surface area contributed by atoms with Gasteiger partial charge in [-0.25, -0.2) is 0 Å². The second kappa shape index (κ2) is 10.5. The van der Waals surface area contributed by atoms with E-state index in [0.717, 1.165) is 0 Å². The van der Waals surface area contributed by atoms with E-state index < -0.39 is 30.9 Å². The molecule has 0 fully saturated rings. The third-order valence-electron chi connectivity index (χ3n) is 3.79. The maximum atomic E-state index is 12.1. The van der Waals surface area contributed by atoms with Crippen molar-refractivity contribution in [2.24, 2.45) is 0 Å². The molecule has 0 unspecified atom stereocenters. The summed E-state index contributed by atoms with van der Waals surface area (Å²) in [4.78, 5) is 36.0. The second-order valence-corrected chi connectivity index (χ2v) is 5.66. The Bertz CT molecular complexity index is 883. The fourth-order valence-corrected chi connectivity index (χ4v) is 2.38. The van der Waals surface area contributed by atoms with Crippen molar-refractivity contribution in [1.29, 1.82) is 0 Å². The van der Waals surface area contributed by atoms with Crippen molar-refractivity contribution in [2.75, 3.05) is 39.8 Å². The highest BCUT2D eigenvalue weighted by molar-refractivity contribution is 5.98. The van der Waals surface area contributed by atoms with Crippen LogP contribution in [-0.2, 0) is 14.3 Å². The molecule has 9 nitrogen and oxygen atoms in total. The third-order valence-corrected chi connectivity index (χ3v) is 3.79. The lowest BCUT2D eigenvalue weighted by Crippen LogP contribution is -2.32. The lowest BCUT2D eigenvalue weighted by atomic mass is 10.2. The number of para-hydroxylation sites is 1. The van der Waals surface area contributed by atoms with Crippen molar-refractivity contribution in [3.05, 3.63) is 48.0 Å².